The molecule has 2 rings (SSSR count). The van der Waals surface area contributed by atoms with E-state index in [9.17, 15) is 14.7 Å². The van der Waals surface area contributed by atoms with Gasteiger partial charge in [0, 0.05) is 12.6 Å². The summed E-state index contributed by atoms with van der Waals surface area (Å²) in [5, 5.41) is 17.0. The summed E-state index contributed by atoms with van der Waals surface area (Å²) in [5.74, 6) is -0.0965. The van der Waals surface area contributed by atoms with E-state index in [1.807, 2.05) is 6.92 Å². The molecule has 1 atom stereocenters. The Kier molecular flexibility index (Phi) is 5.33. The predicted molar refractivity (Wildman–Crippen MR) is 84.0 cm³/mol. The van der Waals surface area contributed by atoms with Gasteiger partial charge in [-0.1, -0.05) is 13.3 Å². The van der Waals surface area contributed by atoms with E-state index in [1.165, 1.54) is 23.1 Å². The van der Waals surface area contributed by atoms with Gasteiger partial charge in [0.05, 0.1) is 12.8 Å². The van der Waals surface area contributed by atoms with Crippen LogP contribution in [0.1, 0.15) is 42.9 Å². The fourth-order valence-electron chi connectivity index (χ4n) is 2.05. The molecular weight excluding hydrogens is 298 g/mol. The van der Waals surface area contributed by atoms with Crippen LogP contribution in [0.4, 0.5) is 0 Å². The Balaban J connectivity index is 2.05. The third kappa shape index (κ3) is 4.29. The fourth-order valence-corrected chi connectivity index (χ4v) is 2.05. The highest BCUT2D eigenvalue weighted by Gasteiger charge is 2.27. The summed E-state index contributed by atoms with van der Waals surface area (Å²) in [5.41, 5.74) is -1.43. The Morgan fingerprint density at radius 3 is 2.87 bits per heavy atom. The maximum atomic E-state index is 12.2. The van der Waals surface area contributed by atoms with Gasteiger partial charge in [0.25, 0.3) is 11.5 Å². The van der Waals surface area contributed by atoms with E-state index >= 15 is 0 Å². The molecule has 0 bridgehead atoms. The molecule has 7 nitrogen and oxygen atoms in total. The number of rotatable bonds is 7. The van der Waals surface area contributed by atoms with Crippen LogP contribution < -0.4 is 10.9 Å². The number of nitrogens with zero attached hydrogens (tertiary/aromatic N) is 2. The first-order chi connectivity index (χ1) is 10.9. The molecule has 2 aromatic rings. The third-order valence-corrected chi connectivity index (χ3v) is 3.47. The molecule has 1 unspecified atom stereocenters. The number of nitrogens with one attached hydrogen (secondary N) is 1. The molecule has 0 aliphatic rings. The van der Waals surface area contributed by atoms with Crippen molar-refractivity contribution in [2.45, 2.75) is 38.8 Å². The lowest BCUT2D eigenvalue weighted by molar-refractivity contribution is 0.0329. The first-order valence-corrected chi connectivity index (χ1v) is 7.57. The van der Waals surface area contributed by atoms with Crippen LogP contribution in [0, 0.1) is 0 Å². The molecular formula is C16H21N3O4. The van der Waals surface area contributed by atoms with E-state index in [0.29, 0.717) is 12.3 Å². The van der Waals surface area contributed by atoms with Crippen molar-refractivity contribution in [2.24, 2.45) is 0 Å². The number of aryl methyl sites for hydroxylation is 1. The van der Waals surface area contributed by atoms with Gasteiger partial charge in [0.15, 0.2) is 0 Å². The van der Waals surface area contributed by atoms with Crippen molar-refractivity contribution < 1.29 is 14.3 Å². The number of aromatic nitrogens is 2. The van der Waals surface area contributed by atoms with E-state index in [0.717, 1.165) is 12.8 Å². The van der Waals surface area contributed by atoms with Gasteiger partial charge < -0.3 is 14.8 Å². The van der Waals surface area contributed by atoms with Crippen LogP contribution in [0.3, 0.4) is 0 Å². The van der Waals surface area contributed by atoms with Gasteiger partial charge in [-0.3, -0.25) is 9.59 Å². The summed E-state index contributed by atoms with van der Waals surface area (Å²) in [7, 11) is 0. The second-order valence-electron chi connectivity index (χ2n) is 5.57. The van der Waals surface area contributed by atoms with Gasteiger partial charge in [-0.25, -0.2) is 4.68 Å². The highest BCUT2D eigenvalue weighted by atomic mass is 16.4. The van der Waals surface area contributed by atoms with Gasteiger partial charge in [0.1, 0.15) is 17.1 Å². The molecule has 0 aromatic carbocycles. The molecule has 0 aliphatic heterocycles. The maximum absolute atomic E-state index is 12.2. The van der Waals surface area contributed by atoms with Gasteiger partial charge in [-0.15, -0.1) is 0 Å². The van der Waals surface area contributed by atoms with Crippen molar-refractivity contribution in [1.29, 1.82) is 0 Å². The lowest BCUT2D eigenvalue weighted by atomic mass is 10.0. The van der Waals surface area contributed by atoms with Gasteiger partial charge in [-0.2, -0.15) is 5.10 Å². The molecule has 0 saturated carbocycles. The standard InChI is InChI=1S/C16H21N3O4/c1-3-4-9-19-14(20)8-7-12(18-19)15(21)17-11-16(2,22)13-6-5-10-23-13/h5-8,10,22H,3-4,9,11H2,1-2H3,(H,17,21). The summed E-state index contributed by atoms with van der Waals surface area (Å²) in [4.78, 5) is 23.9. The van der Waals surface area contributed by atoms with E-state index in [-0.39, 0.29) is 17.8 Å². The second kappa shape index (κ2) is 7.23. The lowest BCUT2D eigenvalue weighted by Gasteiger charge is -2.21. The van der Waals surface area contributed by atoms with Crippen molar-refractivity contribution >= 4 is 5.91 Å². The smallest absolute Gasteiger partial charge is 0.271 e. The van der Waals surface area contributed by atoms with E-state index in [4.69, 9.17) is 4.42 Å². The first-order valence-electron chi connectivity index (χ1n) is 7.57. The topological polar surface area (TPSA) is 97.4 Å². The predicted octanol–water partition coefficient (Wildman–Crippen LogP) is 1.27. The number of unbranched alkanes of at least 4 members (excludes halogenated alkanes) is 1. The average molecular weight is 319 g/mol. The number of carbonyl (C=O) groups is 1. The third-order valence-electron chi connectivity index (χ3n) is 3.47. The quantitative estimate of drug-likeness (QED) is 0.801. The SMILES string of the molecule is CCCCn1nc(C(=O)NCC(C)(O)c2ccco2)ccc1=O. The summed E-state index contributed by atoms with van der Waals surface area (Å²) in [6.45, 7) is 4.00. The van der Waals surface area contributed by atoms with Crippen LogP contribution in [0.2, 0.25) is 0 Å². The summed E-state index contributed by atoms with van der Waals surface area (Å²) in [6.07, 6.45) is 3.19. The molecule has 0 radical (unpaired) electrons. The number of hydrogen-bond donors (Lipinski definition) is 2. The molecule has 2 N–H and O–H groups in total. The molecule has 0 saturated heterocycles. The van der Waals surface area contributed by atoms with Crippen molar-refractivity contribution in [1.82, 2.24) is 15.1 Å². The fraction of sp³-hybridized carbons (Fsp3) is 0.438. The highest BCUT2D eigenvalue weighted by Crippen LogP contribution is 2.19. The molecule has 2 heterocycles. The lowest BCUT2D eigenvalue weighted by Crippen LogP contribution is -2.39. The van der Waals surface area contributed by atoms with Crippen molar-refractivity contribution in [3.63, 3.8) is 0 Å². The van der Waals surface area contributed by atoms with Crippen LogP contribution >= 0.6 is 0 Å². The first kappa shape index (κ1) is 17.0. The Morgan fingerprint density at radius 1 is 1.43 bits per heavy atom. The molecule has 124 valence electrons. The molecule has 0 aliphatic carbocycles. The van der Waals surface area contributed by atoms with Crippen LogP contribution in [0.5, 0.6) is 0 Å². The zero-order valence-corrected chi connectivity index (χ0v) is 13.3. The average Bonchev–Trinajstić information content (AvgIpc) is 3.07. The van der Waals surface area contributed by atoms with Crippen LogP contribution in [-0.4, -0.2) is 27.3 Å². The Bertz CT molecular complexity index is 704. The molecule has 2 aromatic heterocycles. The Labute approximate surface area is 133 Å². The van der Waals surface area contributed by atoms with E-state index in [1.54, 1.807) is 19.1 Å². The summed E-state index contributed by atoms with van der Waals surface area (Å²) in [6, 6.07) is 6.00. The van der Waals surface area contributed by atoms with Gasteiger partial charge in [0.2, 0.25) is 0 Å². The molecule has 7 heteroatoms. The number of aliphatic hydroxyl groups is 1. The van der Waals surface area contributed by atoms with Gasteiger partial charge in [-0.05, 0) is 31.5 Å². The molecule has 0 fully saturated rings. The summed E-state index contributed by atoms with van der Waals surface area (Å²) >= 11 is 0. The van der Waals surface area contributed by atoms with Crippen molar-refractivity contribution in [2.75, 3.05) is 6.54 Å². The minimum absolute atomic E-state index is 0.0326. The zero-order chi connectivity index (χ0) is 16.9. The van der Waals surface area contributed by atoms with Crippen molar-refractivity contribution in [3.8, 4) is 0 Å². The largest absolute Gasteiger partial charge is 0.466 e. The number of furan rings is 1. The highest BCUT2D eigenvalue weighted by molar-refractivity contribution is 5.92. The summed E-state index contributed by atoms with van der Waals surface area (Å²) < 4.78 is 6.43. The Hall–Kier alpha value is -2.41. The second-order valence-corrected chi connectivity index (χ2v) is 5.57. The van der Waals surface area contributed by atoms with Crippen molar-refractivity contribution in [3.05, 3.63) is 52.3 Å². The van der Waals surface area contributed by atoms with Gasteiger partial charge >= 0.3 is 0 Å². The van der Waals surface area contributed by atoms with E-state index < -0.39 is 11.5 Å². The van der Waals surface area contributed by atoms with Crippen LogP contribution in [0.25, 0.3) is 0 Å². The maximum Gasteiger partial charge on any atom is 0.271 e. The van der Waals surface area contributed by atoms with Crippen LogP contribution in [0.15, 0.2) is 39.7 Å². The van der Waals surface area contributed by atoms with E-state index in [2.05, 4.69) is 10.4 Å². The monoisotopic (exact) mass is 319 g/mol. The minimum Gasteiger partial charge on any atom is -0.466 e. The number of amides is 1. The number of carbonyl (C=O) groups excluding carboxylic acids is 1. The molecule has 1 amide bonds. The molecule has 23 heavy (non-hydrogen) atoms. The Morgan fingerprint density at radius 2 is 2.22 bits per heavy atom. The number of hydrogen-bond acceptors (Lipinski definition) is 5. The normalized spacial score (nSPS) is 13.5. The zero-order valence-electron chi connectivity index (χ0n) is 13.3. The molecule has 0 spiro atoms. The minimum atomic E-state index is -1.32. The van der Waals surface area contributed by atoms with Crippen LogP contribution in [-0.2, 0) is 12.1 Å².